The van der Waals surface area contributed by atoms with Crippen molar-refractivity contribution in [2.24, 2.45) is 11.7 Å². The Balaban J connectivity index is 2.00. The first kappa shape index (κ1) is 14.1. The number of nitrogen functional groups attached to an aromatic ring is 1. The third-order valence-corrected chi connectivity index (χ3v) is 3.68. The zero-order chi connectivity index (χ0) is 13.8. The first-order valence-corrected chi connectivity index (χ1v) is 7.23. The van der Waals surface area contributed by atoms with Gasteiger partial charge in [-0.25, -0.2) is 0 Å². The molecule has 0 heterocycles. The fraction of sp³-hybridized carbons (Fsp3) is 0.562. The lowest BCUT2D eigenvalue weighted by molar-refractivity contribution is 0.239. The molecule has 0 bridgehead atoms. The van der Waals surface area contributed by atoms with E-state index in [4.69, 9.17) is 11.1 Å². The van der Waals surface area contributed by atoms with Gasteiger partial charge in [-0.3, -0.25) is 10.3 Å². The highest BCUT2D eigenvalue weighted by atomic mass is 15.2. The van der Waals surface area contributed by atoms with Crippen LogP contribution in [0.3, 0.4) is 0 Å². The van der Waals surface area contributed by atoms with Crippen molar-refractivity contribution in [2.45, 2.75) is 45.7 Å². The molecule has 3 heteroatoms. The van der Waals surface area contributed by atoms with Crippen molar-refractivity contribution in [3.05, 3.63) is 35.4 Å². The van der Waals surface area contributed by atoms with Crippen LogP contribution in [0, 0.1) is 11.3 Å². The molecule has 0 atom stereocenters. The molecule has 0 spiro atoms. The maximum absolute atomic E-state index is 7.51. The van der Waals surface area contributed by atoms with Gasteiger partial charge in [-0.05, 0) is 43.4 Å². The van der Waals surface area contributed by atoms with E-state index in [-0.39, 0.29) is 5.84 Å². The summed E-state index contributed by atoms with van der Waals surface area (Å²) >= 11 is 0. The predicted octanol–water partition coefficient (Wildman–Crippen LogP) is 2.98. The quantitative estimate of drug-likeness (QED) is 0.584. The Morgan fingerprint density at radius 1 is 1.42 bits per heavy atom. The fourth-order valence-electron chi connectivity index (χ4n) is 2.33. The molecule has 1 saturated carbocycles. The summed E-state index contributed by atoms with van der Waals surface area (Å²) in [5, 5.41) is 7.51. The molecular formula is C16H25N3. The fourth-order valence-corrected chi connectivity index (χ4v) is 2.33. The molecule has 0 radical (unpaired) electrons. The van der Waals surface area contributed by atoms with Crippen LogP contribution in [0.25, 0.3) is 0 Å². The minimum absolute atomic E-state index is 0.155. The van der Waals surface area contributed by atoms with E-state index >= 15 is 0 Å². The molecule has 0 saturated heterocycles. The highest BCUT2D eigenvalue weighted by Crippen LogP contribution is 2.29. The minimum Gasteiger partial charge on any atom is -0.384 e. The smallest absolute Gasteiger partial charge is 0.122 e. The van der Waals surface area contributed by atoms with E-state index in [1.165, 1.54) is 31.4 Å². The molecule has 0 unspecified atom stereocenters. The number of hydrogen-bond donors (Lipinski definition) is 2. The number of hydrogen-bond acceptors (Lipinski definition) is 2. The average molecular weight is 259 g/mol. The first-order chi connectivity index (χ1) is 9.06. The van der Waals surface area contributed by atoms with Crippen LogP contribution in [-0.2, 0) is 6.54 Å². The summed E-state index contributed by atoms with van der Waals surface area (Å²) in [6.07, 6.45) is 3.93. The second-order valence-corrected chi connectivity index (χ2v) is 6.00. The normalized spacial score (nSPS) is 15.2. The molecule has 2 rings (SSSR count). The van der Waals surface area contributed by atoms with E-state index in [1.807, 2.05) is 18.2 Å². The van der Waals surface area contributed by atoms with E-state index in [0.717, 1.165) is 24.1 Å². The lowest BCUT2D eigenvalue weighted by Gasteiger charge is -2.23. The molecule has 0 amide bonds. The number of rotatable bonds is 7. The van der Waals surface area contributed by atoms with Crippen LogP contribution in [-0.4, -0.2) is 23.3 Å². The van der Waals surface area contributed by atoms with Gasteiger partial charge in [-0.1, -0.05) is 32.0 Å². The SMILES string of the molecule is CC(C)CCN(Cc1cccc(C(=N)N)c1)C1CC1. The maximum Gasteiger partial charge on any atom is 0.122 e. The Hall–Kier alpha value is -1.35. The molecule has 0 aromatic heterocycles. The second-order valence-electron chi connectivity index (χ2n) is 6.00. The van der Waals surface area contributed by atoms with Gasteiger partial charge in [-0.2, -0.15) is 0 Å². The Morgan fingerprint density at radius 3 is 2.74 bits per heavy atom. The number of nitrogens with one attached hydrogen (secondary N) is 1. The summed E-state index contributed by atoms with van der Waals surface area (Å²) in [5.41, 5.74) is 7.65. The summed E-state index contributed by atoms with van der Waals surface area (Å²) in [5.74, 6) is 0.909. The molecule has 0 aliphatic heterocycles. The molecule has 1 aliphatic carbocycles. The van der Waals surface area contributed by atoms with Crippen molar-refractivity contribution < 1.29 is 0 Å². The summed E-state index contributed by atoms with van der Waals surface area (Å²) in [7, 11) is 0. The van der Waals surface area contributed by atoms with Gasteiger partial charge in [0.05, 0.1) is 0 Å². The number of nitrogens with two attached hydrogens (primary N) is 1. The molecule has 1 fully saturated rings. The molecule has 104 valence electrons. The second kappa shape index (κ2) is 6.20. The van der Waals surface area contributed by atoms with Crippen molar-refractivity contribution in [3.63, 3.8) is 0 Å². The van der Waals surface area contributed by atoms with Crippen LogP contribution in [0.4, 0.5) is 0 Å². The van der Waals surface area contributed by atoms with E-state index in [1.54, 1.807) is 0 Å². The number of nitrogens with zero attached hydrogens (tertiary/aromatic N) is 1. The third-order valence-electron chi connectivity index (χ3n) is 3.68. The Morgan fingerprint density at radius 2 is 2.16 bits per heavy atom. The van der Waals surface area contributed by atoms with Gasteiger partial charge in [0.25, 0.3) is 0 Å². The Labute approximate surface area is 116 Å². The molecular weight excluding hydrogens is 234 g/mol. The zero-order valence-electron chi connectivity index (χ0n) is 12.0. The van der Waals surface area contributed by atoms with Gasteiger partial charge in [0.1, 0.15) is 5.84 Å². The van der Waals surface area contributed by atoms with Crippen LogP contribution >= 0.6 is 0 Å². The van der Waals surface area contributed by atoms with E-state index in [9.17, 15) is 0 Å². The molecule has 1 aliphatic rings. The largest absolute Gasteiger partial charge is 0.384 e. The lowest BCUT2D eigenvalue weighted by Crippen LogP contribution is -2.27. The summed E-state index contributed by atoms with van der Waals surface area (Å²) in [4.78, 5) is 2.58. The molecule has 1 aromatic rings. The van der Waals surface area contributed by atoms with Crippen molar-refractivity contribution >= 4 is 5.84 Å². The van der Waals surface area contributed by atoms with E-state index < -0.39 is 0 Å². The van der Waals surface area contributed by atoms with Gasteiger partial charge < -0.3 is 5.73 Å². The molecule has 3 nitrogen and oxygen atoms in total. The van der Waals surface area contributed by atoms with E-state index in [0.29, 0.717) is 0 Å². The van der Waals surface area contributed by atoms with Crippen LogP contribution in [0.1, 0.15) is 44.2 Å². The highest BCUT2D eigenvalue weighted by Gasteiger charge is 2.28. The van der Waals surface area contributed by atoms with Gasteiger partial charge in [-0.15, -0.1) is 0 Å². The average Bonchev–Trinajstić information content (AvgIpc) is 3.18. The van der Waals surface area contributed by atoms with Crippen molar-refractivity contribution in [1.82, 2.24) is 4.90 Å². The van der Waals surface area contributed by atoms with Crippen LogP contribution in [0.5, 0.6) is 0 Å². The highest BCUT2D eigenvalue weighted by molar-refractivity contribution is 5.95. The first-order valence-electron chi connectivity index (χ1n) is 7.23. The van der Waals surface area contributed by atoms with Gasteiger partial charge in [0.2, 0.25) is 0 Å². The predicted molar refractivity (Wildman–Crippen MR) is 80.3 cm³/mol. The van der Waals surface area contributed by atoms with Crippen molar-refractivity contribution in [3.8, 4) is 0 Å². The summed E-state index contributed by atoms with van der Waals surface area (Å²) in [6, 6.07) is 8.87. The summed E-state index contributed by atoms with van der Waals surface area (Å²) < 4.78 is 0. The van der Waals surface area contributed by atoms with Crippen LogP contribution in [0.15, 0.2) is 24.3 Å². The zero-order valence-corrected chi connectivity index (χ0v) is 12.0. The minimum atomic E-state index is 0.155. The topological polar surface area (TPSA) is 53.1 Å². The van der Waals surface area contributed by atoms with Gasteiger partial charge in [0.15, 0.2) is 0 Å². The van der Waals surface area contributed by atoms with Crippen LogP contribution in [0.2, 0.25) is 0 Å². The standard InChI is InChI=1S/C16H25N3/c1-12(2)8-9-19(15-6-7-15)11-13-4-3-5-14(10-13)16(17)18/h3-5,10,12,15H,6-9,11H2,1-2H3,(H3,17,18). The van der Waals surface area contributed by atoms with Crippen LogP contribution < -0.4 is 5.73 Å². The molecule has 3 N–H and O–H groups in total. The van der Waals surface area contributed by atoms with Gasteiger partial charge >= 0.3 is 0 Å². The maximum atomic E-state index is 7.51. The third kappa shape index (κ3) is 4.35. The van der Waals surface area contributed by atoms with Gasteiger partial charge in [0, 0.05) is 18.2 Å². The van der Waals surface area contributed by atoms with Crippen molar-refractivity contribution in [2.75, 3.05) is 6.54 Å². The monoisotopic (exact) mass is 259 g/mol. The molecule has 19 heavy (non-hydrogen) atoms. The lowest BCUT2D eigenvalue weighted by atomic mass is 10.1. The van der Waals surface area contributed by atoms with Crippen molar-refractivity contribution in [1.29, 1.82) is 5.41 Å². The Bertz CT molecular complexity index is 435. The molecule has 1 aromatic carbocycles. The number of benzene rings is 1. The Kier molecular flexibility index (Phi) is 4.59. The number of amidine groups is 1. The van der Waals surface area contributed by atoms with E-state index in [2.05, 4.69) is 24.8 Å². The summed E-state index contributed by atoms with van der Waals surface area (Å²) in [6.45, 7) is 6.72.